The Hall–Kier alpha value is -1.01. The Balaban J connectivity index is 2.48. The topological polar surface area (TPSA) is 78.4 Å². The van der Waals surface area contributed by atoms with E-state index in [9.17, 15) is 0 Å². The zero-order valence-electron chi connectivity index (χ0n) is 4.48. The summed E-state index contributed by atoms with van der Waals surface area (Å²) in [5, 5.41) is 22.4. The Labute approximate surface area is 51.5 Å². The van der Waals surface area contributed by atoms with E-state index in [0.717, 1.165) is 0 Å². The van der Waals surface area contributed by atoms with E-state index < -0.39 is 7.32 Å². The van der Waals surface area contributed by atoms with Crippen LogP contribution in [0.2, 0.25) is 0 Å². The quantitative estimate of drug-likeness (QED) is 0.435. The highest BCUT2D eigenvalue weighted by molar-refractivity contribution is 6.33. The second-order valence-corrected chi connectivity index (χ2v) is 1.38. The van der Waals surface area contributed by atoms with E-state index in [-0.39, 0.29) is 0 Å². The van der Waals surface area contributed by atoms with Gasteiger partial charge in [-0.05, 0) is 0 Å². The minimum atomic E-state index is -1.78. The third-order valence-electron chi connectivity index (χ3n) is 0.715. The highest BCUT2D eigenvalue weighted by atomic mass is 16.6. The molecule has 0 spiro atoms. The zero-order valence-corrected chi connectivity index (χ0v) is 4.48. The maximum atomic E-state index is 8.22. The molecule has 0 saturated heterocycles. The Kier molecular flexibility index (Phi) is 1.71. The van der Waals surface area contributed by atoms with Gasteiger partial charge in [-0.25, -0.2) is 0 Å². The second kappa shape index (κ2) is 2.52. The third-order valence-corrected chi connectivity index (χ3v) is 0.715. The normalized spacial score (nSPS) is 9.11. The minimum Gasteiger partial charge on any atom is -0.509 e. The number of rotatable bonds is 2. The largest absolute Gasteiger partial charge is 0.707 e. The summed E-state index contributed by atoms with van der Waals surface area (Å²) in [6.45, 7) is 0. The minimum absolute atomic E-state index is 0.296. The van der Waals surface area contributed by atoms with Crippen molar-refractivity contribution in [1.29, 1.82) is 0 Å². The van der Waals surface area contributed by atoms with Gasteiger partial charge in [-0.2, -0.15) is 5.10 Å². The molecule has 0 aromatic carbocycles. The van der Waals surface area contributed by atoms with Gasteiger partial charge < -0.3 is 14.7 Å². The van der Waals surface area contributed by atoms with Crippen molar-refractivity contribution in [2.45, 2.75) is 0 Å². The van der Waals surface area contributed by atoms with E-state index in [0.29, 0.717) is 5.75 Å². The molecule has 0 fully saturated rings. The maximum Gasteiger partial charge on any atom is 0.707 e. The van der Waals surface area contributed by atoms with Gasteiger partial charge in [0.25, 0.3) is 0 Å². The molecule has 0 bridgehead atoms. The number of nitrogens with one attached hydrogen (secondary N) is 1. The summed E-state index contributed by atoms with van der Waals surface area (Å²) < 4.78 is 4.37. The first-order valence-electron chi connectivity index (χ1n) is 2.30. The van der Waals surface area contributed by atoms with Crippen LogP contribution in [0.4, 0.5) is 0 Å². The molecule has 0 unspecified atom stereocenters. The molecule has 1 heterocycles. The Bertz CT molecular complexity index is 164. The molecule has 9 heavy (non-hydrogen) atoms. The van der Waals surface area contributed by atoms with Gasteiger partial charge in [0.2, 0.25) is 0 Å². The number of aromatic amines is 1. The van der Waals surface area contributed by atoms with Crippen LogP contribution in [0.1, 0.15) is 0 Å². The van der Waals surface area contributed by atoms with Crippen molar-refractivity contribution in [2.24, 2.45) is 0 Å². The highest BCUT2D eigenvalue weighted by Gasteiger charge is 2.10. The molecule has 1 aromatic rings. The van der Waals surface area contributed by atoms with Crippen LogP contribution in [-0.2, 0) is 0 Å². The maximum absolute atomic E-state index is 8.22. The summed E-state index contributed by atoms with van der Waals surface area (Å²) in [7, 11) is -1.78. The fraction of sp³-hybridized carbons (Fsp3) is 0. The van der Waals surface area contributed by atoms with Gasteiger partial charge in [-0.15, -0.1) is 0 Å². The smallest absolute Gasteiger partial charge is 0.509 e. The van der Waals surface area contributed by atoms with Crippen LogP contribution in [-0.4, -0.2) is 27.6 Å². The number of H-pyrrole nitrogens is 1. The van der Waals surface area contributed by atoms with E-state index in [1.165, 1.54) is 12.4 Å². The van der Waals surface area contributed by atoms with Crippen molar-refractivity contribution < 1.29 is 14.7 Å². The molecule has 5 nitrogen and oxygen atoms in total. The summed E-state index contributed by atoms with van der Waals surface area (Å²) in [6.07, 6.45) is 2.74. The number of nitrogens with zero attached hydrogens (tertiary/aromatic N) is 1. The van der Waals surface area contributed by atoms with Crippen molar-refractivity contribution in [2.75, 3.05) is 0 Å². The van der Waals surface area contributed by atoms with Crippen molar-refractivity contribution >= 4 is 7.32 Å². The lowest BCUT2D eigenvalue weighted by molar-refractivity contribution is 0.288. The third kappa shape index (κ3) is 1.75. The van der Waals surface area contributed by atoms with Gasteiger partial charge in [-0.1, -0.05) is 0 Å². The van der Waals surface area contributed by atoms with Crippen LogP contribution in [0.25, 0.3) is 0 Å². The number of hydrogen-bond donors (Lipinski definition) is 3. The van der Waals surface area contributed by atoms with Gasteiger partial charge in [0.05, 0.1) is 12.4 Å². The molecule has 0 atom stereocenters. The fourth-order valence-electron chi connectivity index (χ4n) is 0.425. The van der Waals surface area contributed by atoms with Gasteiger partial charge in [0, 0.05) is 0 Å². The molecule has 48 valence electrons. The van der Waals surface area contributed by atoms with Crippen molar-refractivity contribution in [3.63, 3.8) is 0 Å². The molecule has 6 heteroatoms. The summed E-state index contributed by atoms with van der Waals surface area (Å²) in [4.78, 5) is 0. The molecule has 0 aliphatic rings. The first-order chi connectivity index (χ1) is 4.29. The SMILES string of the molecule is OB(O)Oc1cn[nH]c1. The summed E-state index contributed by atoms with van der Waals surface area (Å²) in [5.74, 6) is 0.296. The molecule has 0 amide bonds. The lowest BCUT2D eigenvalue weighted by atomic mass is 10.3. The van der Waals surface area contributed by atoms with Crippen LogP contribution in [0.3, 0.4) is 0 Å². The van der Waals surface area contributed by atoms with E-state index in [4.69, 9.17) is 10.0 Å². The summed E-state index contributed by atoms with van der Waals surface area (Å²) >= 11 is 0. The molecule has 1 aromatic heterocycles. The van der Waals surface area contributed by atoms with Crippen LogP contribution >= 0.6 is 0 Å². The summed E-state index contributed by atoms with van der Waals surface area (Å²) in [6, 6.07) is 0. The molecular weight excluding hydrogens is 123 g/mol. The Morgan fingerprint density at radius 3 is 2.89 bits per heavy atom. The first kappa shape index (κ1) is 6.12. The van der Waals surface area contributed by atoms with Crippen LogP contribution < -0.4 is 4.65 Å². The molecule has 0 saturated carbocycles. The molecule has 0 aliphatic carbocycles. The average Bonchev–Trinajstić information content (AvgIpc) is 2.15. The molecule has 0 radical (unpaired) electrons. The molecule has 3 N–H and O–H groups in total. The van der Waals surface area contributed by atoms with Crippen molar-refractivity contribution in [3.8, 4) is 5.75 Å². The zero-order chi connectivity index (χ0) is 6.69. The fourth-order valence-corrected chi connectivity index (χ4v) is 0.425. The van der Waals surface area contributed by atoms with E-state index in [1.54, 1.807) is 0 Å². The summed E-state index contributed by atoms with van der Waals surface area (Å²) in [5.41, 5.74) is 0. The lowest BCUT2D eigenvalue weighted by Crippen LogP contribution is -2.20. The standard InChI is InChI=1S/C3H5BN2O3/c7-4(8)9-3-1-5-6-2-3/h1-2,7-8H,(H,5,6). The Morgan fingerprint density at radius 2 is 2.44 bits per heavy atom. The van der Waals surface area contributed by atoms with E-state index in [2.05, 4.69) is 14.9 Å². The van der Waals surface area contributed by atoms with Crippen molar-refractivity contribution in [1.82, 2.24) is 10.2 Å². The van der Waals surface area contributed by atoms with Crippen LogP contribution in [0.5, 0.6) is 5.75 Å². The molecule has 1 rings (SSSR count). The van der Waals surface area contributed by atoms with Gasteiger partial charge in [-0.3, -0.25) is 5.10 Å². The van der Waals surface area contributed by atoms with E-state index >= 15 is 0 Å². The monoisotopic (exact) mass is 128 g/mol. The van der Waals surface area contributed by atoms with Crippen molar-refractivity contribution in [3.05, 3.63) is 12.4 Å². The predicted molar refractivity (Wildman–Crippen MR) is 29.4 cm³/mol. The van der Waals surface area contributed by atoms with Crippen LogP contribution in [0.15, 0.2) is 12.4 Å². The lowest BCUT2D eigenvalue weighted by Gasteiger charge is -1.96. The van der Waals surface area contributed by atoms with Crippen LogP contribution in [0, 0.1) is 0 Å². The Morgan fingerprint density at radius 1 is 1.67 bits per heavy atom. The van der Waals surface area contributed by atoms with Gasteiger partial charge in [0.15, 0.2) is 0 Å². The first-order valence-corrected chi connectivity index (χ1v) is 2.30. The van der Waals surface area contributed by atoms with Gasteiger partial charge >= 0.3 is 7.32 Å². The number of aromatic nitrogens is 2. The highest BCUT2D eigenvalue weighted by Crippen LogP contribution is 2.03. The number of hydrogen-bond acceptors (Lipinski definition) is 4. The second-order valence-electron chi connectivity index (χ2n) is 1.38. The van der Waals surface area contributed by atoms with E-state index in [1.807, 2.05) is 0 Å². The average molecular weight is 128 g/mol. The molecular formula is C3H5BN2O3. The molecule has 0 aliphatic heterocycles. The van der Waals surface area contributed by atoms with Gasteiger partial charge in [0.1, 0.15) is 5.75 Å². The predicted octanol–water partition coefficient (Wildman–Crippen LogP) is -1.24.